The highest BCUT2D eigenvalue weighted by atomic mass is 16.5. The molecule has 1 heterocycles. The first-order valence-corrected chi connectivity index (χ1v) is 5.70. The summed E-state index contributed by atoms with van der Waals surface area (Å²) in [5, 5.41) is 3.51. The van der Waals surface area contributed by atoms with Crippen molar-refractivity contribution in [2.45, 2.75) is 26.2 Å². The average Bonchev–Trinajstić information content (AvgIpc) is 2.72. The largest absolute Gasteiger partial charge is 0.381 e. The summed E-state index contributed by atoms with van der Waals surface area (Å²) in [6, 6.07) is 0. The van der Waals surface area contributed by atoms with Crippen LogP contribution in [0, 0.1) is 17.8 Å². The zero-order chi connectivity index (χ0) is 9.10. The Morgan fingerprint density at radius 2 is 2.38 bits per heavy atom. The minimum Gasteiger partial charge on any atom is -0.381 e. The van der Waals surface area contributed by atoms with Crippen molar-refractivity contribution in [2.24, 2.45) is 17.8 Å². The second kappa shape index (κ2) is 4.43. The highest BCUT2D eigenvalue weighted by molar-refractivity contribution is 4.93. The van der Waals surface area contributed by atoms with Gasteiger partial charge in [0.15, 0.2) is 0 Å². The third kappa shape index (κ3) is 2.44. The van der Waals surface area contributed by atoms with E-state index in [9.17, 15) is 0 Å². The average molecular weight is 183 g/mol. The van der Waals surface area contributed by atoms with E-state index >= 15 is 0 Å². The predicted octanol–water partition coefficient (Wildman–Crippen LogP) is 1.66. The van der Waals surface area contributed by atoms with E-state index in [1.807, 2.05) is 0 Å². The standard InChI is InChI=1S/C11H21NO/c1-2-4-12-7-10-6-11(10)9-3-5-13-8-9/h9-12H,2-8H2,1H3. The maximum atomic E-state index is 5.41. The van der Waals surface area contributed by atoms with Gasteiger partial charge >= 0.3 is 0 Å². The second-order valence-corrected chi connectivity index (χ2v) is 4.49. The summed E-state index contributed by atoms with van der Waals surface area (Å²) in [7, 11) is 0. The van der Waals surface area contributed by atoms with Gasteiger partial charge in [-0.15, -0.1) is 0 Å². The third-order valence-electron chi connectivity index (χ3n) is 3.38. The van der Waals surface area contributed by atoms with Crippen LogP contribution in [0.4, 0.5) is 0 Å². The molecule has 0 aromatic carbocycles. The molecule has 1 aliphatic heterocycles. The quantitative estimate of drug-likeness (QED) is 0.654. The molecule has 2 aliphatic rings. The third-order valence-corrected chi connectivity index (χ3v) is 3.38. The van der Waals surface area contributed by atoms with E-state index in [0.29, 0.717) is 0 Å². The van der Waals surface area contributed by atoms with Crippen LogP contribution in [0.15, 0.2) is 0 Å². The SMILES string of the molecule is CCCNCC1CC1C1CCOC1. The summed E-state index contributed by atoms with van der Waals surface area (Å²) in [5.41, 5.74) is 0. The van der Waals surface area contributed by atoms with Gasteiger partial charge in [0.25, 0.3) is 0 Å². The van der Waals surface area contributed by atoms with Crippen molar-refractivity contribution in [1.29, 1.82) is 0 Å². The van der Waals surface area contributed by atoms with Gasteiger partial charge in [0.05, 0.1) is 0 Å². The molecule has 13 heavy (non-hydrogen) atoms. The summed E-state index contributed by atoms with van der Waals surface area (Å²) in [6.45, 7) is 6.70. The first-order valence-electron chi connectivity index (χ1n) is 5.70. The van der Waals surface area contributed by atoms with Crippen molar-refractivity contribution in [3.8, 4) is 0 Å². The van der Waals surface area contributed by atoms with Crippen molar-refractivity contribution < 1.29 is 4.74 Å². The van der Waals surface area contributed by atoms with Gasteiger partial charge in [0.2, 0.25) is 0 Å². The van der Waals surface area contributed by atoms with Gasteiger partial charge in [-0.1, -0.05) is 6.92 Å². The van der Waals surface area contributed by atoms with Crippen LogP contribution in [0.5, 0.6) is 0 Å². The summed E-state index contributed by atoms with van der Waals surface area (Å²) < 4.78 is 5.41. The van der Waals surface area contributed by atoms with Crippen molar-refractivity contribution in [2.75, 3.05) is 26.3 Å². The van der Waals surface area contributed by atoms with Gasteiger partial charge in [-0.05, 0) is 50.1 Å². The summed E-state index contributed by atoms with van der Waals surface area (Å²) in [5.74, 6) is 2.86. The molecule has 0 bridgehead atoms. The van der Waals surface area contributed by atoms with E-state index in [1.165, 1.54) is 32.4 Å². The molecule has 1 saturated carbocycles. The topological polar surface area (TPSA) is 21.3 Å². The fraction of sp³-hybridized carbons (Fsp3) is 1.00. The molecule has 0 amide bonds. The van der Waals surface area contributed by atoms with Crippen LogP contribution in [0.2, 0.25) is 0 Å². The maximum absolute atomic E-state index is 5.41. The molecule has 0 aromatic rings. The summed E-state index contributed by atoms with van der Waals surface area (Å²) in [6.07, 6.45) is 4.02. The summed E-state index contributed by atoms with van der Waals surface area (Å²) in [4.78, 5) is 0. The fourth-order valence-electron chi connectivity index (χ4n) is 2.44. The minimum atomic E-state index is 0.897. The number of rotatable bonds is 5. The minimum absolute atomic E-state index is 0.897. The molecule has 0 spiro atoms. The Hall–Kier alpha value is -0.0800. The lowest BCUT2D eigenvalue weighted by atomic mass is 10.0. The number of hydrogen-bond donors (Lipinski definition) is 1. The first kappa shape index (κ1) is 9.47. The van der Waals surface area contributed by atoms with Gasteiger partial charge in [0.1, 0.15) is 0 Å². The maximum Gasteiger partial charge on any atom is 0.0497 e. The predicted molar refractivity (Wildman–Crippen MR) is 53.7 cm³/mol. The van der Waals surface area contributed by atoms with Crippen molar-refractivity contribution in [3.05, 3.63) is 0 Å². The Kier molecular flexibility index (Phi) is 3.23. The van der Waals surface area contributed by atoms with Gasteiger partial charge < -0.3 is 10.1 Å². The zero-order valence-electron chi connectivity index (χ0n) is 8.59. The molecule has 1 saturated heterocycles. The lowest BCUT2D eigenvalue weighted by molar-refractivity contribution is 0.181. The lowest BCUT2D eigenvalue weighted by Crippen LogP contribution is -2.19. The molecular weight excluding hydrogens is 162 g/mol. The van der Waals surface area contributed by atoms with Crippen LogP contribution in [0.25, 0.3) is 0 Å². The molecule has 2 fully saturated rings. The lowest BCUT2D eigenvalue weighted by Gasteiger charge is -2.06. The number of ether oxygens (including phenoxy) is 1. The molecule has 2 heteroatoms. The Balaban J connectivity index is 1.59. The molecule has 0 aromatic heterocycles. The van der Waals surface area contributed by atoms with Crippen molar-refractivity contribution >= 4 is 0 Å². The first-order chi connectivity index (χ1) is 6.42. The van der Waals surface area contributed by atoms with E-state index < -0.39 is 0 Å². The van der Waals surface area contributed by atoms with Crippen LogP contribution < -0.4 is 5.32 Å². The van der Waals surface area contributed by atoms with Gasteiger partial charge in [0, 0.05) is 13.2 Å². The van der Waals surface area contributed by atoms with E-state index in [0.717, 1.165) is 31.0 Å². The number of nitrogens with one attached hydrogen (secondary N) is 1. The van der Waals surface area contributed by atoms with E-state index in [1.54, 1.807) is 0 Å². The molecule has 0 radical (unpaired) electrons. The molecular formula is C11H21NO. The molecule has 1 N–H and O–H groups in total. The van der Waals surface area contributed by atoms with Crippen LogP contribution in [0.3, 0.4) is 0 Å². The number of hydrogen-bond acceptors (Lipinski definition) is 2. The zero-order valence-corrected chi connectivity index (χ0v) is 8.59. The van der Waals surface area contributed by atoms with Gasteiger partial charge in [-0.25, -0.2) is 0 Å². The van der Waals surface area contributed by atoms with Gasteiger partial charge in [-0.2, -0.15) is 0 Å². The Morgan fingerprint density at radius 1 is 1.46 bits per heavy atom. The molecule has 1 aliphatic carbocycles. The Morgan fingerprint density at radius 3 is 3.08 bits per heavy atom. The van der Waals surface area contributed by atoms with Gasteiger partial charge in [-0.3, -0.25) is 0 Å². The van der Waals surface area contributed by atoms with E-state index in [2.05, 4.69) is 12.2 Å². The van der Waals surface area contributed by atoms with Crippen LogP contribution in [-0.2, 0) is 4.74 Å². The fourth-order valence-corrected chi connectivity index (χ4v) is 2.44. The monoisotopic (exact) mass is 183 g/mol. The molecule has 3 atom stereocenters. The van der Waals surface area contributed by atoms with Crippen LogP contribution in [0.1, 0.15) is 26.2 Å². The summed E-state index contributed by atoms with van der Waals surface area (Å²) >= 11 is 0. The van der Waals surface area contributed by atoms with E-state index in [-0.39, 0.29) is 0 Å². The molecule has 3 unspecified atom stereocenters. The van der Waals surface area contributed by atoms with Crippen LogP contribution in [-0.4, -0.2) is 26.3 Å². The smallest absolute Gasteiger partial charge is 0.0497 e. The van der Waals surface area contributed by atoms with Crippen molar-refractivity contribution in [3.63, 3.8) is 0 Å². The Labute approximate surface area is 81.0 Å². The van der Waals surface area contributed by atoms with Crippen molar-refractivity contribution in [1.82, 2.24) is 5.32 Å². The van der Waals surface area contributed by atoms with E-state index in [4.69, 9.17) is 4.74 Å². The second-order valence-electron chi connectivity index (χ2n) is 4.49. The molecule has 2 nitrogen and oxygen atoms in total. The molecule has 2 rings (SSSR count). The Bertz CT molecular complexity index is 154. The normalized spacial score (nSPS) is 38.1. The highest BCUT2D eigenvalue weighted by Gasteiger charge is 2.43. The molecule has 76 valence electrons. The highest BCUT2D eigenvalue weighted by Crippen LogP contribution is 2.46. The van der Waals surface area contributed by atoms with Crippen LogP contribution >= 0.6 is 0 Å².